The summed E-state index contributed by atoms with van der Waals surface area (Å²) in [6.45, 7) is 8.43. The van der Waals surface area contributed by atoms with E-state index in [9.17, 15) is 14.7 Å². The zero-order valence-corrected chi connectivity index (χ0v) is 14.7. The number of hydrogen-bond donors (Lipinski definition) is 2. The van der Waals surface area contributed by atoms with Gasteiger partial charge in [-0.05, 0) is 58.2 Å². The molecule has 0 fully saturated rings. The molecule has 0 atom stereocenters. The zero-order chi connectivity index (χ0) is 17.4. The van der Waals surface area contributed by atoms with Crippen molar-refractivity contribution in [3.05, 3.63) is 29.1 Å². The summed E-state index contributed by atoms with van der Waals surface area (Å²) in [5, 5.41) is 15.3. The van der Waals surface area contributed by atoms with Crippen LogP contribution in [0, 0.1) is 0 Å². The van der Waals surface area contributed by atoms with E-state index in [0.29, 0.717) is 5.39 Å². The van der Waals surface area contributed by atoms with Gasteiger partial charge in [0.15, 0.2) is 0 Å². The lowest BCUT2D eigenvalue weighted by Gasteiger charge is -2.29. The van der Waals surface area contributed by atoms with Crippen molar-refractivity contribution >= 4 is 33.3 Å². The quantitative estimate of drug-likeness (QED) is 0.842. The third-order valence-electron chi connectivity index (χ3n) is 3.19. The van der Waals surface area contributed by atoms with Crippen LogP contribution in [0.2, 0.25) is 0 Å². The fourth-order valence-corrected chi connectivity index (χ4v) is 2.81. The Bertz CT molecular complexity index is 756. The number of ether oxygens (including phenoxy) is 1. The summed E-state index contributed by atoms with van der Waals surface area (Å²) in [6.07, 6.45) is 0. The number of phenols is 1. The molecule has 5 nitrogen and oxygen atoms in total. The summed E-state index contributed by atoms with van der Waals surface area (Å²) >= 11 is 1.48. The van der Waals surface area contributed by atoms with E-state index < -0.39 is 23.0 Å². The third-order valence-corrected chi connectivity index (χ3v) is 4.07. The number of fused-ring (bicyclic) bond motifs is 1. The molecule has 0 saturated heterocycles. The number of carbonyl (C=O) groups is 2. The first kappa shape index (κ1) is 17.3. The molecule has 1 amide bonds. The van der Waals surface area contributed by atoms with Crippen LogP contribution in [0.25, 0.3) is 10.1 Å². The minimum Gasteiger partial charge on any atom is -0.506 e. The minimum atomic E-state index is -1.21. The lowest BCUT2D eigenvalue weighted by Crippen LogP contribution is -2.52. The predicted octanol–water partition coefficient (Wildman–Crippen LogP) is 3.46. The van der Waals surface area contributed by atoms with Gasteiger partial charge in [-0.1, -0.05) is 0 Å². The van der Waals surface area contributed by atoms with E-state index in [4.69, 9.17) is 4.74 Å². The van der Waals surface area contributed by atoms with E-state index in [0.717, 1.165) is 4.70 Å². The largest absolute Gasteiger partial charge is 0.506 e. The van der Waals surface area contributed by atoms with E-state index >= 15 is 0 Å². The van der Waals surface area contributed by atoms with Crippen LogP contribution in [0.5, 0.6) is 5.75 Å². The number of rotatable bonds is 3. The highest BCUT2D eigenvalue weighted by Crippen LogP contribution is 2.32. The van der Waals surface area contributed by atoms with Gasteiger partial charge in [-0.15, -0.1) is 11.3 Å². The van der Waals surface area contributed by atoms with Crippen LogP contribution in [-0.4, -0.2) is 28.1 Å². The number of benzene rings is 1. The second kappa shape index (κ2) is 5.85. The summed E-state index contributed by atoms with van der Waals surface area (Å²) in [6, 6.07) is 5.08. The topological polar surface area (TPSA) is 75.6 Å². The van der Waals surface area contributed by atoms with Gasteiger partial charge in [0.05, 0.1) is 5.56 Å². The van der Waals surface area contributed by atoms with Gasteiger partial charge in [0.1, 0.15) is 16.9 Å². The van der Waals surface area contributed by atoms with Gasteiger partial charge in [-0.25, -0.2) is 4.79 Å². The Kier molecular flexibility index (Phi) is 4.39. The summed E-state index contributed by atoms with van der Waals surface area (Å²) < 4.78 is 6.21. The van der Waals surface area contributed by atoms with Gasteiger partial charge < -0.3 is 15.2 Å². The van der Waals surface area contributed by atoms with Crippen molar-refractivity contribution in [2.45, 2.75) is 45.8 Å². The van der Waals surface area contributed by atoms with Crippen molar-refractivity contribution in [3.63, 3.8) is 0 Å². The Balaban J connectivity index is 2.22. The standard InChI is InChI=1S/C17H21NO4S/c1-16(2,3)22-15(21)17(4,5)18-14(20)11-6-7-12-10(13(11)19)8-9-23-12/h6-9,19H,1-5H3,(H,18,20). The Morgan fingerprint density at radius 2 is 1.78 bits per heavy atom. The van der Waals surface area contributed by atoms with Gasteiger partial charge in [-0.3, -0.25) is 4.79 Å². The molecule has 124 valence electrons. The number of carbonyl (C=O) groups excluding carboxylic acids is 2. The Hall–Kier alpha value is -2.08. The van der Waals surface area contributed by atoms with Crippen molar-refractivity contribution in [3.8, 4) is 5.75 Å². The van der Waals surface area contributed by atoms with Crippen LogP contribution in [0.3, 0.4) is 0 Å². The number of aromatic hydroxyl groups is 1. The number of thiophene rings is 1. The van der Waals surface area contributed by atoms with Crippen LogP contribution in [0.4, 0.5) is 0 Å². The molecule has 2 aromatic rings. The summed E-state index contributed by atoms with van der Waals surface area (Å²) in [4.78, 5) is 24.6. The molecule has 0 spiro atoms. The van der Waals surface area contributed by atoms with E-state index in [1.165, 1.54) is 11.3 Å². The van der Waals surface area contributed by atoms with E-state index in [2.05, 4.69) is 5.32 Å². The molecule has 0 bridgehead atoms. The Morgan fingerprint density at radius 1 is 1.13 bits per heavy atom. The van der Waals surface area contributed by atoms with Crippen LogP contribution < -0.4 is 5.32 Å². The van der Waals surface area contributed by atoms with Crippen LogP contribution in [-0.2, 0) is 9.53 Å². The van der Waals surface area contributed by atoms with Crippen LogP contribution in [0.1, 0.15) is 45.0 Å². The minimum absolute atomic E-state index is 0.0822. The van der Waals surface area contributed by atoms with Crippen LogP contribution in [0.15, 0.2) is 23.6 Å². The number of esters is 1. The maximum atomic E-state index is 12.4. The molecule has 0 saturated carbocycles. The highest BCUT2D eigenvalue weighted by molar-refractivity contribution is 7.17. The first-order chi connectivity index (χ1) is 10.5. The monoisotopic (exact) mass is 335 g/mol. The van der Waals surface area contributed by atoms with Gasteiger partial charge in [0.2, 0.25) is 0 Å². The lowest BCUT2D eigenvalue weighted by molar-refractivity contribution is -0.161. The fraction of sp³-hybridized carbons (Fsp3) is 0.412. The predicted molar refractivity (Wildman–Crippen MR) is 90.9 cm³/mol. The smallest absolute Gasteiger partial charge is 0.331 e. The fourth-order valence-electron chi connectivity index (χ4n) is 2.02. The number of phenolic OH excluding ortho intramolecular Hbond substituents is 1. The van der Waals surface area contributed by atoms with Gasteiger partial charge in [0, 0.05) is 10.1 Å². The zero-order valence-electron chi connectivity index (χ0n) is 13.9. The van der Waals surface area contributed by atoms with Gasteiger partial charge >= 0.3 is 5.97 Å². The Morgan fingerprint density at radius 3 is 2.39 bits per heavy atom. The molecule has 1 aromatic carbocycles. The van der Waals surface area contributed by atoms with E-state index in [-0.39, 0.29) is 11.3 Å². The van der Waals surface area contributed by atoms with Crippen molar-refractivity contribution < 1.29 is 19.4 Å². The molecule has 0 aliphatic heterocycles. The molecule has 2 N–H and O–H groups in total. The van der Waals surface area contributed by atoms with Crippen LogP contribution >= 0.6 is 11.3 Å². The highest BCUT2D eigenvalue weighted by atomic mass is 32.1. The second-order valence-electron chi connectivity index (χ2n) is 6.88. The van der Waals surface area contributed by atoms with Crippen molar-refractivity contribution in [1.29, 1.82) is 0 Å². The van der Waals surface area contributed by atoms with Crippen molar-refractivity contribution in [2.24, 2.45) is 0 Å². The molecule has 0 unspecified atom stereocenters. The molecule has 1 aromatic heterocycles. The third kappa shape index (κ3) is 3.82. The molecule has 2 rings (SSSR count). The lowest BCUT2D eigenvalue weighted by atomic mass is 10.0. The molecule has 0 aliphatic carbocycles. The average molecular weight is 335 g/mol. The number of amides is 1. The van der Waals surface area contributed by atoms with Crippen molar-refractivity contribution in [1.82, 2.24) is 5.32 Å². The maximum absolute atomic E-state index is 12.4. The Labute approximate surface area is 139 Å². The number of hydrogen-bond acceptors (Lipinski definition) is 5. The first-order valence-electron chi connectivity index (χ1n) is 7.26. The molecule has 23 heavy (non-hydrogen) atoms. The molecule has 1 heterocycles. The number of nitrogens with one attached hydrogen (secondary N) is 1. The van der Waals surface area contributed by atoms with Gasteiger partial charge in [-0.2, -0.15) is 0 Å². The molecular weight excluding hydrogens is 314 g/mol. The highest BCUT2D eigenvalue weighted by Gasteiger charge is 2.34. The summed E-state index contributed by atoms with van der Waals surface area (Å²) in [7, 11) is 0. The second-order valence-corrected chi connectivity index (χ2v) is 7.82. The molecular formula is C17H21NO4S. The molecule has 0 radical (unpaired) electrons. The molecule has 6 heteroatoms. The molecule has 0 aliphatic rings. The maximum Gasteiger partial charge on any atom is 0.331 e. The SMILES string of the molecule is CC(C)(C)OC(=O)C(C)(C)NC(=O)c1ccc2sccc2c1O. The van der Waals surface area contributed by atoms with Crippen molar-refractivity contribution in [2.75, 3.05) is 0 Å². The van der Waals surface area contributed by atoms with Gasteiger partial charge in [0.25, 0.3) is 5.91 Å². The summed E-state index contributed by atoms with van der Waals surface area (Å²) in [5.41, 5.74) is -1.72. The van der Waals surface area contributed by atoms with E-state index in [1.807, 2.05) is 5.38 Å². The van der Waals surface area contributed by atoms with E-state index in [1.54, 1.807) is 52.8 Å². The summed E-state index contributed by atoms with van der Waals surface area (Å²) in [5.74, 6) is -1.14. The average Bonchev–Trinajstić information content (AvgIpc) is 2.85. The normalized spacial score (nSPS) is 12.2. The first-order valence-corrected chi connectivity index (χ1v) is 8.14.